The van der Waals surface area contributed by atoms with Crippen LogP contribution in [0.2, 0.25) is 0 Å². The van der Waals surface area contributed by atoms with E-state index in [4.69, 9.17) is 4.74 Å². The van der Waals surface area contributed by atoms with Gasteiger partial charge in [-0.25, -0.2) is 8.42 Å². The highest BCUT2D eigenvalue weighted by atomic mass is 32.2. The molecule has 0 unspecified atom stereocenters. The quantitative estimate of drug-likeness (QED) is 0.603. The van der Waals surface area contributed by atoms with Gasteiger partial charge < -0.3 is 10.1 Å². The highest BCUT2D eigenvalue weighted by Gasteiger charge is 2.00. The summed E-state index contributed by atoms with van der Waals surface area (Å²) in [5, 5.41) is 3.10. The molecule has 0 aromatic carbocycles. The molecular formula is C10H23NO3S. The molecule has 0 aromatic rings. The Kier molecular flexibility index (Phi) is 8.00. The lowest BCUT2D eigenvalue weighted by molar-refractivity contribution is 0.0761. The molecule has 0 saturated carbocycles. The van der Waals surface area contributed by atoms with E-state index in [2.05, 4.69) is 5.32 Å². The molecule has 0 aliphatic carbocycles. The van der Waals surface area contributed by atoms with Gasteiger partial charge in [-0.05, 0) is 33.2 Å². The first-order valence-electron chi connectivity index (χ1n) is 5.42. The van der Waals surface area contributed by atoms with Crippen molar-refractivity contribution in [2.75, 3.05) is 31.7 Å². The van der Waals surface area contributed by atoms with Crippen LogP contribution in [0.5, 0.6) is 0 Å². The summed E-state index contributed by atoms with van der Waals surface area (Å²) in [5.74, 6) is 0.218. The number of hydrogen-bond acceptors (Lipinski definition) is 4. The van der Waals surface area contributed by atoms with Crippen LogP contribution in [-0.4, -0.2) is 46.2 Å². The number of sulfone groups is 1. The first-order chi connectivity index (χ1) is 6.92. The van der Waals surface area contributed by atoms with Crippen molar-refractivity contribution in [3.63, 3.8) is 0 Å². The van der Waals surface area contributed by atoms with Crippen LogP contribution >= 0.6 is 0 Å². The minimum Gasteiger partial charge on any atom is -0.379 e. The van der Waals surface area contributed by atoms with E-state index in [1.807, 2.05) is 13.8 Å². The second-order valence-corrected chi connectivity index (χ2v) is 6.27. The van der Waals surface area contributed by atoms with Crippen molar-refractivity contribution >= 4 is 9.84 Å². The molecule has 0 rings (SSSR count). The minimum absolute atomic E-state index is 0.218. The third kappa shape index (κ3) is 13.9. The van der Waals surface area contributed by atoms with Crippen molar-refractivity contribution in [2.24, 2.45) is 0 Å². The Morgan fingerprint density at radius 2 is 1.87 bits per heavy atom. The fourth-order valence-electron chi connectivity index (χ4n) is 1.05. The zero-order valence-electron chi connectivity index (χ0n) is 9.95. The molecule has 5 heteroatoms. The molecule has 0 spiro atoms. The van der Waals surface area contributed by atoms with E-state index in [1.165, 1.54) is 6.26 Å². The predicted molar refractivity (Wildman–Crippen MR) is 62.9 cm³/mol. The summed E-state index contributed by atoms with van der Waals surface area (Å²) in [6, 6.07) is 0. The maximum atomic E-state index is 10.8. The Balaban J connectivity index is 3.12. The summed E-state index contributed by atoms with van der Waals surface area (Å²) in [6.45, 7) is 6.22. The summed E-state index contributed by atoms with van der Waals surface area (Å²) in [4.78, 5) is 0. The summed E-state index contributed by atoms with van der Waals surface area (Å²) in [6.07, 6.45) is 3.59. The van der Waals surface area contributed by atoms with E-state index in [0.717, 1.165) is 26.0 Å². The summed E-state index contributed by atoms with van der Waals surface area (Å²) in [5.41, 5.74) is 0. The van der Waals surface area contributed by atoms with Crippen LogP contribution in [0, 0.1) is 0 Å². The van der Waals surface area contributed by atoms with Gasteiger partial charge in [0.2, 0.25) is 0 Å². The molecule has 15 heavy (non-hydrogen) atoms. The predicted octanol–water partition coefficient (Wildman–Crippen LogP) is 0.826. The zero-order valence-corrected chi connectivity index (χ0v) is 10.8. The van der Waals surface area contributed by atoms with Crippen molar-refractivity contribution in [1.82, 2.24) is 5.32 Å². The van der Waals surface area contributed by atoms with Crippen molar-refractivity contribution in [3.8, 4) is 0 Å². The van der Waals surface area contributed by atoms with Gasteiger partial charge in [0.15, 0.2) is 0 Å². The molecule has 4 nitrogen and oxygen atoms in total. The van der Waals surface area contributed by atoms with E-state index in [0.29, 0.717) is 12.6 Å². The van der Waals surface area contributed by atoms with Gasteiger partial charge in [-0.2, -0.15) is 0 Å². The van der Waals surface area contributed by atoms with Gasteiger partial charge >= 0.3 is 0 Å². The Morgan fingerprint density at radius 3 is 2.40 bits per heavy atom. The molecule has 0 aliphatic heterocycles. The fraction of sp³-hybridized carbons (Fsp3) is 1.00. The highest BCUT2D eigenvalue weighted by molar-refractivity contribution is 7.90. The average Bonchev–Trinajstić information content (AvgIpc) is 2.07. The van der Waals surface area contributed by atoms with Crippen LogP contribution in [0.25, 0.3) is 0 Å². The zero-order chi connectivity index (χ0) is 11.7. The molecule has 1 N–H and O–H groups in total. The van der Waals surface area contributed by atoms with Gasteiger partial charge in [0.1, 0.15) is 9.84 Å². The Hall–Kier alpha value is -0.130. The molecule has 0 amide bonds. The second kappa shape index (κ2) is 8.07. The Morgan fingerprint density at radius 1 is 1.20 bits per heavy atom. The summed E-state index contributed by atoms with van der Waals surface area (Å²) < 4.78 is 26.9. The number of hydrogen-bond donors (Lipinski definition) is 1. The third-order valence-corrected chi connectivity index (χ3v) is 2.79. The minimum atomic E-state index is -2.82. The van der Waals surface area contributed by atoms with Gasteiger partial charge in [0.05, 0.1) is 11.9 Å². The average molecular weight is 237 g/mol. The van der Waals surface area contributed by atoms with E-state index >= 15 is 0 Å². The number of ether oxygens (including phenoxy) is 1. The first kappa shape index (κ1) is 14.9. The van der Waals surface area contributed by atoms with Gasteiger partial charge in [0.25, 0.3) is 0 Å². The van der Waals surface area contributed by atoms with Gasteiger partial charge in [-0.15, -0.1) is 0 Å². The van der Waals surface area contributed by atoms with Crippen LogP contribution in [0.4, 0.5) is 0 Å². The SMILES string of the molecule is CC(C)OCCCCNCCS(C)(=O)=O. The molecular weight excluding hydrogens is 214 g/mol. The highest BCUT2D eigenvalue weighted by Crippen LogP contribution is 1.93. The first-order valence-corrected chi connectivity index (χ1v) is 7.48. The van der Waals surface area contributed by atoms with Gasteiger partial charge in [-0.3, -0.25) is 0 Å². The van der Waals surface area contributed by atoms with Crippen molar-refractivity contribution in [1.29, 1.82) is 0 Å². The monoisotopic (exact) mass is 237 g/mol. The number of nitrogens with one attached hydrogen (secondary N) is 1. The van der Waals surface area contributed by atoms with Crippen LogP contribution < -0.4 is 5.32 Å². The number of unbranched alkanes of at least 4 members (excludes halogenated alkanes) is 1. The van der Waals surface area contributed by atoms with Crippen molar-refractivity contribution in [3.05, 3.63) is 0 Å². The Labute approximate surface area is 93.3 Å². The van der Waals surface area contributed by atoms with Crippen LogP contribution in [0.15, 0.2) is 0 Å². The fourth-order valence-corrected chi connectivity index (χ4v) is 1.57. The van der Waals surface area contributed by atoms with Crippen LogP contribution in [-0.2, 0) is 14.6 Å². The number of rotatable bonds is 9. The normalized spacial score (nSPS) is 12.3. The molecule has 0 radical (unpaired) electrons. The maximum Gasteiger partial charge on any atom is 0.148 e. The van der Waals surface area contributed by atoms with Gasteiger partial charge in [0, 0.05) is 19.4 Å². The molecule has 0 bridgehead atoms. The van der Waals surface area contributed by atoms with E-state index < -0.39 is 9.84 Å². The lowest BCUT2D eigenvalue weighted by Crippen LogP contribution is -2.23. The molecule has 92 valence electrons. The van der Waals surface area contributed by atoms with E-state index in [1.54, 1.807) is 0 Å². The molecule has 0 heterocycles. The van der Waals surface area contributed by atoms with Gasteiger partial charge in [-0.1, -0.05) is 0 Å². The second-order valence-electron chi connectivity index (χ2n) is 4.01. The smallest absolute Gasteiger partial charge is 0.148 e. The summed E-state index contributed by atoms with van der Waals surface area (Å²) in [7, 11) is -2.82. The van der Waals surface area contributed by atoms with Crippen LogP contribution in [0.1, 0.15) is 26.7 Å². The van der Waals surface area contributed by atoms with E-state index in [9.17, 15) is 8.42 Å². The maximum absolute atomic E-state index is 10.8. The van der Waals surface area contributed by atoms with Crippen LogP contribution in [0.3, 0.4) is 0 Å². The van der Waals surface area contributed by atoms with E-state index in [-0.39, 0.29) is 5.75 Å². The lowest BCUT2D eigenvalue weighted by atomic mass is 10.3. The van der Waals surface area contributed by atoms with Crippen molar-refractivity contribution in [2.45, 2.75) is 32.8 Å². The third-order valence-electron chi connectivity index (χ3n) is 1.85. The Bertz CT molecular complexity index is 237. The molecule has 0 aromatic heterocycles. The van der Waals surface area contributed by atoms with Crippen molar-refractivity contribution < 1.29 is 13.2 Å². The molecule has 0 atom stereocenters. The lowest BCUT2D eigenvalue weighted by Gasteiger charge is -2.07. The largest absolute Gasteiger partial charge is 0.379 e. The topological polar surface area (TPSA) is 55.4 Å². The standard InChI is InChI=1S/C10H23NO3S/c1-10(2)14-8-5-4-6-11-7-9-15(3,12)13/h10-11H,4-9H2,1-3H3. The molecule has 0 saturated heterocycles. The molecule has 0 aliphatic rings. The molecule has 0 fully saturated rings. The summed E-state index contributed by atoms with van der Waals surface area (Å²) >= 11 is 0.